The van der Waals surface area contributed by atoms with E-state index in [4.69, 9.17) is 0 Å². The van der Waals surface area contributed by atoms with Gasteiger partial charge in [-0.1, -0.05) is 29.8 Å². The number of likely N-dealkylation sites (N-methyl/N-ethyl adjacent to an activating group) is 1. The summed E-state index contributed by atoms with van der Waals surface area (Å²) in [6.07, 6.45) is 0.175. The highest BCUT2D eigenvalue weighted by Crippen LogP contribution is 2.30. The van der Waals surface area contributed by atoms with Gasteiger partial charge in [-0.2, -0.15) is 9.98 Å². The lowest BCUT2D eigenvalue weighted by molar-refractivity contribution is -0.117. The van der Waals surface area contributed by atoms with Crippen LogP contribution >= 0.6 is 0 Å². The second kappa shape index (κ2) is 6.31. The van der Waals surface area contributed by atoms with Crippen LogP contribution in [0.25, 0.3) is 0 Å². The lowest BCUT2D eigenvalue weighted by Crippen LogP contribution is -2.28. The van der Waals surface area contributed by atoms with Gasteiger partial charge in [-0.25, -0.2) is 8.42 Å². The van der Waals surface area contributed by atoms with Gasteiger partial charge in [-0.15, -0.1) is 0 Å². The average Bonchev–Trinajstić information content (AvgIpc) is 2.87. The Morgan fingerprint density at radius 3 is 2.52 bits per heavy atom. The summed E-state index contributed by atoms with van der Waals surface area (Å²) < 4.78 is 27.7. The van der Waals surface area contributed by atoms with E-state index in [0.717, 1.165) is 5.56 Å². The predicted molar refractivity (Wildman–Crippen MR) is 93.4 cm³/mol. The smallest absolute Gasteiger partial charge is 0.242 e. The quantitative estimate of drug-likeness (QED) is 0.909. The third kappa shape index (κ3) is 3.27. The molecule has 0 saturated heterocycles. The zero-order chi connectivity index (χ0) is 18.2. The lowest BCUT2D eigenvalue weighted by Gasteiger charge is -2.14. The van der Waals surface area contributed by atoms with Crippen molar-refractivity contribution in [2.24, 2.45) is 0 Å². The van der Waals surface area contributed by atoms with Crippen LogP contribution in [-0.4, -0.2) is 21.4 Å². The summed E-state index contributed by atoms with van der Waals surface area (Å²) in [6, 6.07) is 12.6. The Bertz CT molecular complexity index is 976. The lowest BCUT2D eigenvalue weighted by atomic mass is 10.1. The van der Waals surface area contributed by atoms with Crippen LogP contribution in [-0.2, 0) is 21.2 Å². The molecule has 1 unspecified atom stereocenters. The van der Waals surface area contributed by atoms with Crippen molar-refractivity contribution in [2.75, 3.05) is 11.9 Å². The number of carbonyl (C=O) groups excluding carboxylic acids is 1. The van der Waals surface area contributed by atoms with Gasteiger partial charge in [0.2, 0.25) is 15.9 Å². The first-order chi connectivity index (χ1) is 11.8. The first-order valence-corrected chi connectivity index (χ1v) is 9.18. The number of nitriles is 1. The number of fused-ring (bicyclic) bond motifs is 1. The first-order valence-electron chi connectivity index (χ1n) is 7.70. The van der Waals surface area contributed by atoms with Crippen molar-refractivity contribution in [1.82, 2.24) is 4.72 Å². The molecule has 2 aromatic carbocycles. The molecule has 1 aliphatic rings. The van der Waals surface area contributed by atoms with E-state index in [1.165, 1.54) is 17.0 Å². The van der Waals surface area contributed by atoms with Crippen molar-refractivity contribution in [3.8, 4) is 6.07 Å². The summed E-state index contributed by atoms with van der Waals surface area (Å²) in [5, 5.41) is 9.36. The monoisotopic (exact) mass is 355 g/mol. The molecule has 0 aromatic heterocycles. The zero-order valence-corrected chi connectivity index (χ0v) is 14.7. The molecule has 6 nitrogen and oxygen atoms in total. The van der Waals surface area contributed by atoms with Gasteiger partial charge in [0, 0.05) is 12.7 Å². The third-order valence-corrected chi connectivity index (χ3v) is 5.67. The highest BCUT2D eigenvalue weighted by Gasteiger charge is 2.27. The molecule has 0 fully saturated rings. The van der Waals surface area contributed by atoms with Gasteiger partial charge in [0.25, 0.3) is 0 Å². The molecule has 1 N–H and O–H groups in total. The van der Waals surface area contributed by atoms with Gasteiger partial charge in [-0.05, 0) is 36.2 Å². The zero-order valence-electron chi connectivity index (χ0n) is 13.9. The van der Waals surface area contributed by atoms with Crippen LogP contribution in [0.1, 0.15) is 22.7 Å². The Kier molecular flexibility index (Phi) is 4.33. The van der Waals surface area contributed by atoms with Gasteiger partial charge in [0.1, 0.15) is 6.04 Å². The van der Waals surface area contributed by atoms with Gasteiger partial charge < -0.3 is 4.90 Å². The maximum atomic E-state index is 12.6. The molecule has 0 aliphatic carbocycles. The van der Waals surface area contributed by atoms with Crippen LogP contribution in [0.4, 0.5) is 5.69 Å². The fourth-order valence-corrected chi connectivity index (χ4v) is 3.94. The molecule has 0 saturated carbocycles. The number of sulfonamides is 1. The van der Waals surface area contributed by atoms with Gasteiger partial charge in [0.05, 0.1) is 17.4 Å². The molecule has 0 radical (unpaired) electrons. The second-order valence-electron chi connectivity index (χ2n) is 6.01. The molecule has 0 spiro atoms. The minimum absolute atomic E-state index is 0.0433. The normalized spacial score (nSPS) is 14.9. The number of rotatable bonds is 4. The van der Waals surface area contributed by atoms with Gasteiger partial charge in [-0.3, -0.25) is 4.79 Å². The topological polar surface area (TPSA) is 90.3 Å². The Morgan fingerprint density at radius 2 is 1.88 bits per heavy atom. The van der Waals surface area contributed by atoms with Crippen molar-refractivity contribution in [3.05, 3.63) is 59.2 Å². The second-order valence-corrected chi connectivity index (χ2v) is 7.73. The van der Waals surface area contributed by atoms with E-state index in [9.17, 15) is 18.5 Å². The van der Waals surface area contributed by atoms with Crippen LogP contribution in [0.2, 0.25) is 0 Å². The highest BCUT2D eigenvalue weighted by atomic mass is 32.2. The van der Waals surface area contributed by atoms with Crippen molar-refractivity contribution in [3.63, 3.8) is 0 Å². The van der Waals surface area contributed by atoms with E-state index in [1.54, 1.807) is 25.2 Å². The van der Waals surface area contributed by atoms with E-state index < -0.39 is 16.1 Å². The molecule has 0 bridgehead atoms. The fraction of sp³-hybridized carbons (Fsp3) is 0.222. The molecule has 2 aromatic rings. The Labute approximate surface area is 146 Å². The number of hydrogen-bond acceptors (Lipinski definition) is 4. The van der Waals surface area contributed by atoms with Crippen LogP contribution < -0.4 is 9.62 Å². The Balaban J connectivity index is 1.89. The van der Waals surface area contributed by atoms with E-state index in [1.807, 2.05) is 25.1 Å². The fourth-order valence-electron chi connectivity index (χ4n) is 2.76. The average molecular weight is 355 g/mol. The molecule has 7 heteroatoms. The summed E-state index contributed by atoms with van der Waals surface area (Å²) in [4.78, 5) is 13.3. The number of benzene rings is 2. The molecule has 3 rings (SSSR count). The SMILES string of the molecule is Cc1ccc(C(C#N)NS(=O)(=O)c2ccc3c(c2)CC(=O)N3C)cc1. The third-order valence-electron chi connectivity index (χ3n) is 4.25. The van der Waals surface area contributed by atoms with Crippen molar-refractivity contribution >= 4 is 21.6 Å². The number of carbonyl (C=O) groups is 1. The molecular weight excluding hydrogens is 338 g/mol. The van der Waals surface area contributed by atoms with E-state index in [0.29, 0.717) is 16.8 Å². The van der Waals surface area contributed by atoms with Crippen molar-refractivity contribution in [2.45, 2.75) is 24.3 Å². The summed E-state index contributed by atoms with van der Waals surface area (Å²) in [5.74, 6) is -0.0768. The van der Waals surface area contributed by atoms with Crippen LogP contribution in [0.5, 0.6) is 0 Å². The number of amides is 1. The minimum atomic E-state index is -3.89. The number of anilines is 1. The van der Waals surface area contributed by atoms with Crippen LogP contribution in [0.15, 0.2) is 47.4 Å². The molecule has 25 heavy (non-hydrogen) atoms. The maximum absolute atomic E-state index is 12.6. The predicted octanol–water partition coefficient (Wildman–Crippen LogP) is 2.06. The van der Waals surface area contributed by atoms with Crippen LogP contribution in [0.3, 0.4) is 0 Å². The molecule has 1 atom stereocenters. The summed E-state index contributed by atoms with van der Waals surface area (Å²) in [6.45, 7) is 1.91. The molecule has 1 heterocycles. The molecule has 128 valence electrons. The molecule has 1 amide bonds. The van der Waals surface area contributed by atoms with Gasteiger partial charge >= 0.3 is 0 Å². The standard InChI is InChI=1S/C18H17N3O3S/c1-12-3-5-13(6-4-12)16(11-19)20-25(23,24)15-7-8-17-14(9-15)10-18(22)21(17)2/h3-9,16,20H,10H2,1-2H3. The highest BCUT2D eigenvalue weighted by molar-refractivity contribution is 7.89. The number of nitrogens with one attached hydrogen (secondary N) is 1. The molecule has 1 aliphatic heterocycles. The minimum Gasteiger partial charge on any atom is -0.315 e. The Hall–Kier alpha value is -2.69. The van der Waals surface area contributed by atoms with E-state index >= 15 is 0 Å². The number of aryl methyl sites for hydroxylation is 1. The van der Waals surface area contributed by atoms with Crippen molar-refractivity contribution < 1.29 is 13.2 Å². The summed E-state index contributed by atoms with van der Waals surface area (Å²) in [7, 11) is -2.23. The Morgan fingerprint density at radius 1 is 1.20 bits per heavy atom. The first kappa shape index (κ1) is 17.1. The van der Waals surface area contributed by atoms with Crippen molar-refractivity contribution in [1.29, 1.82) is 5.26 Å². The number of hydrogen-bond donors (Lipinski definition) is 1. The van der Waals surface area contributed by atoms with E-state index in [2.05, 4.69) is 4.72 Å². The van der Waals surface area contributed by atoms with E-state index in [-0.39, 0.29) is 17.2 Å². The number of nitrogens with zero attached hydrogens (tertiary/aromatic N) is 2. The summed E-state index contributed by atoms with van der Waals surface area (Å²) in [5.41, 5.74) is 2.97. The largest absolute Gasteiger partial charge is 0.315 e. The van der Waals surface area contributed by atoms with Gasteiger partial charge in [0.15, 0.2) is 0 Å². The summed E-state index contributed by atoms with van der Waals surface area (Å²) >= 11 is 0. The maximum Gasteiger partial charge on any atom is 0.242 e. The molecular formula is C18H17N3O3S. The van der Waals surface area contributed by atoms with Crippen LogP contribution in [0, 0.1) is 18.3 Å².